The minimum absolute atomic E-state index is 0.215. The quantitative estimate of drug-likeness (QED) is 0.769. The summed E-state index contributed by atoms with van der Waals surface area (Å²) in [6, 6.07) is 10.4. The molecule has 1 heteroatoms. The summed E-state index contributed by atoms with van der Waals surface area (Å²) in [6.45, 7) is 6.48. The van der Waals surface area contributed by atoms with Crippen molar-refractivity contribution in [3.8, 4) is 0 Å². The van der Waals surface area contributed by atoms with Crippen LogP contribution in [0.4, 0.5) is 0 Å². The molecule has 0 amide bonds. The second-order valence-electron chi connectivity index (χ2n) is 4.68. The van der Waals surface area contributed by atoms with Crippen LogP contribution in [-0.2, 0) is 0 Å². The molecule has 0 heterocycles. The van der Waals surface area contributed by atoms with E-state index in [1.54, 1.807) is 0 Å². The van der Waals surface area contributed by atoms with Crippen LogP contribution in [0.1, 0.15) is 51.5 Å². The monoisotopic (exact) mass is 220 g/mol. The highest BCUT2D eigenvalue weighted by Gasteiger charge is 2.23. The topological polar surface area (TPSA) is 20.2 Å². The van der Waals surface area contributed by atoms with Crippen molar-refractivity contribution in [1.29, 1.82) is 0 Å². The van der Waals surface area contributed by atoms with E-state index in [1.165, 1.54) is 5.56 Å². The molecule has 0 spiro atoms. The molecular weight excluding hydrogens is 196 g/mol. The molecule has 0 fully saturated rings. The van der Waals surface area contributed by atoms with Crippen molar-refractivity contribution >= 4 is 0 Å². The van der Waals surface area contributed by atoms with Gasteiger partial charge in [0.1, 0.15) is 0 Å². The highest BCUT2D eigenvalue weighted by atomic mass is 16.3. The number of hydrogen-bond acceptors (Lipinski definition) is 1. The Labute approximate surface area is 99.5 Å². The molecule has 90 valence electrons. The SMILES string of the molecule is CCCC(C)C(O)C(CC)c1ccccc1. The molecule has 1 N–H and O–H groups in total. The molecule has 16 heavy (non-hydrogen) atoms. The molecule has 1 aromatic carbocycles. The van der Waals surface area contributed by atoms with Crippen molar-refractivity contribution in [3.05, 3.63) is 35.9 Å². The summed E-state index contributed by atoms with van der Waals surface area (Å²) in [6.07, 6.45) is 3.03. The Morgan fingerprint density at radius 3 is 2.25 bits per heavy atom. The molecule has 1 nitrogen and oxygen atoms in total. The van der Waals surface area contributed by atoms with Gasteiger partial charge in [0.05, 0.1) is 6.10 Å². The van der Waals surface area contributed by atoms with E-state index >= 15 is 0 Å². The maximum atomic E-state index is 10.4. The van der Waals surface area contributed by atoms with Crippen molar-refractivity contribution < 1.29 is 5.11 Å². The van der Waals surface area contributed by atoms with E-state index in [4.69, 9.17) is 0 Å². The summed E-state index contributed by atoms with van der Waals surface area (Å²) < 4.78 is 0. The summed E-state index contributed by atoms with van der Waals surface area (Å²) in [5.74, 6) is 0.665. The fraction of sp³-hybridized carbons (Fsp3) is 0.600. The molecule has 0 saturated carbocycles. The highest BCUT2D eigenvalue weighted by molar-refractivity contribution is 5.20. The van der Waals surface area contributed by atoms with Gasteiger partial charge in [0.2, 0.25) is 0 Å². The first-order chi connectivity index (χ1) is 7.70. The van der Waals surface area contributed by atoms with Gasteiger partial charge < -0.3 is 5.11 Å². The van der Waals surface area contributed by atoms with E-state index in [1.807, 2.05) is 6.07 Å². The van der Waals surface area contributed by atoms with Gasteiger partial charge in [-0.25, -0.2) is 0 Å². The van der Waals surface area contributed by atoms with Crippen LogP contribution in [0.25, 0.3) is 0 Å². The van der Waals surface area contributed by atoms with Crippen LogP contribution in [0.3, 0.4) is 0 Å². The van der Waals surface area contributed by atoms with Gasteiger partial charge >= 0.3 is 0 Å². The average molecular weight is 220 g/mol. The summed E-state index contributed by atoms with van der Waals surface area (Å²) in [7, 11) is 0. The van der Waals surface area contributed by atoms with E-state index in [2.05, 4.69) is 45.0 Å². The standard InChI is InChI=1S/C15H24O/c1-4-9-12(3)15(16)14(5-2)13-10-7-6-8-11-13/h6-8,10-12,14-16H,4-5,9H2,1-3H3. The first-order valence-electron chi connectivity index (χ1n) is 6.43. The van der Waals surface area contributed by atoms with Crippen LogP contribution in [-0.4, -0.2) is 11.2 Å². The Kier molecular flexibility index (Phi) is 5.54. The Balaban J connectivity index is 2.74. The molecule has 0 aliphatic carbocycles. The first kappa shape index (κ1) is 13.2. The maximum Gasteiger partial charge on any atom is 0.0634 e. The summed E-state index contributed by atoms with van der Waals surface area (Å²) in [5.41, 5.74) is 1.26. The molecule has 3 unspecified atom stereocenters. The van der Waals surface area contributed by atoms with Gasteiger partial charge in [-0.15, -0.1) is 0 Å². The van der Waals surface area contributed by atoms with E-state index in [9.17, 15) is 5.11 Å². The van der Waals surface area contributed by atoms with Gasteiger partial charge in [-0.1, -0.05) is 57.5 Å². The minimum Gasteiger partial charge on any atom is -0.392 e. The number of aliphatic hydroxyl groups is 1. The van der Waals surface area contributed by atoms with Crippen molar-refractivity contribution in [2.45, 2.75) is 52.1 Å². The molecular formula is C15H24O. The average Bonchev–Trinajstić information content (AvgIpc) is 2.31. The number of hydrogen-bond donors (Lipinski definition) is 1. The van der Waals surface area contributed by atoms with E-state index < -0.39 is 0 Å². The lowest BCUT2D eigenvalue weighted by molar-refractivity contribution is 0.0819. The van der Waals surface area contributed by atoms with Crippen LogP contribution in [0.2, 0.25) is 0 Å². The lowest BCUT2D eigenvalue weighted by Crippen LogP contribution is -2.25. The van der Waals surface area contributed by atoms with Crippen molar-refractivity contribution in [2.75, 3.05) is 0 Å². The Bertz CT molecular complexity index is 281. The number of rotatable bonds is 6. The van der Waals surface area contributed by atoms with Gasteiger partial charge in [-0.3, -0.25) is 0 Å². The maximum absolute atomic E-state index is 10.4. The summed E-state index contributed by atoms with van der Waals surface area (Å²) in [4.78, 5) is 0. The molecule has 1 rings (SSSR count). The predicted molar refractivity (Wildman–Crippen MR) is 69.6 cm³/mol. The van der Waals surface area contributed by atoms with Crippen LogP contribution in [0, 0.1) is 5.92 Å². The third-order valence-corrected chi connectivity index (χ3v) is 3.41. The summed E-state index contributed by atoms with van der Waals surface area (Å²) >= 11 is 0. The lowest BCUT2D eigenvalue weighted by Gasteiger charge is -2.27. The van der Waals surface area contributed by atoms with E-state index in [0.717, 1.165) is 19.3 Å². The lowest BCUT2D eigenvalue weighted by atomic mass is 9.83. The Hall–Kier alpha value is -0.820. The van der Waals surface area contributed by atoms with E-state index in [0.29, 0.717) is 5.92 Å². The van der Waals surface area contributed by atoms with Gasteiger partial charge in [0.15, 0.2) is 0 Å². The molecule has 1 aromatic rings. The first-order valence-corrected chi connectivity index (χ1v) is 6.43. The Morgan fingerprint density at radius 1 is 1.12 bits per heavy atom. The zero-order chi connectivity index (χ0) is 12.0. The zero-order valence-corrected chi connectivity index (χ0v) is 10.7. The molecule has 0 radical (unpaired) electrons. The molecule has 3 atom stereocenters. The predicted octanol–water partition coefficient (Wildman–Crippen LogP) is 3.98. The van der Waals surface area contributed by atoms with Crippen molar-refractivity contribution in [1.82, 2.24) is 0 Å². The second-order valence-corrected chi connectivity index (χ2v) is 4.68. The number of aliphatic hydroxyl groups excluding tert-OH is 1. The molecule has 0 aromatic heterocycles. The highest BCUT2D eigenvalue weighted by Crippen LogP contribution is 2.29. The van der Waals surface area contributed by atoms with Crippen LogP contribution in [0.5, 0.6) is 0 Å². The normalized spacial score (nSPS) is 16.8. The second kappa shape index (κ2) is 6.70. The van der Waals surface area contributed by atoms with E-state index in [-0.39, 0.29) is 12.0 Å². The smallest absolute Gasteiger partial charge is 0.0634 e. The fourth-order valence-electron chi connectivity index (χ4n) is 2.40. The van der Waals surface area contributed by atoms with Gasteiger partial charge in [-0.2, -0.15) is 0 Å². The fourth-order valence-corrected chi connectivity index (χ4v) is 2.40. The van der Waals surface area contributed by atoms with Crippen LogP contribution >= 0.6 is 0 Å². The third kappa shape index (κ3) is 3.34. The zero-order valence-electron chi connectivity index (χ0n) is 10.7. The van der Waals surface area contributed by atoms with Gasteiger partial charge in [-0.05, 0) is 24.3 Å². The minimum atomic E-state index is -0.215. The Morgan fingerprint density at radius 2 is 1.75 bits per heavy atom. The third-order valence-electron chi connectivity index (χ3n) is 3.41. The molecule has 0 aliphatic heterocycles. The molecule has 0 bridgehead atoms. The van der Waals surface area contributed by atoms with Gasteiger partial charge in [0.25, 0.3) is 0 Å². The van der Waals surface area contributed by atoms with Crippen molar-refractivity contribution in [2.24, 2.45) is 5.92 Å². The van der Waals surface area contributed by atoms with Crippen LogP contribution in [0.15, 0.2) is 30.3 Å². The number of benzene rings is 1. The largest absolute Gasteiger partial charge is 0.392 e. The molecule has 0 aliphatic rings. The van der Waals surface area contributed by atoms with Crippen molar-refractivity contribution in [3.63, 3.8) is 0 Å². The molecule has 0 saturated heterocycles. The summed E-state index contributed by atoms with van der Waals surface area (Å²) in [5, 5.41) is 10.4. The van der Waals surface area contributed by atoms with Crippen LogP contribution < -0.4 is 0 Å². The van der Waals surface area contributed by atoms with Gasteiger partial charge in [0, 0.05) is 5.92 Å².